The van der Waals surface area contributed by atoms with E-state index in [0.717, 1.165) is 42.6 Å². The van der Waals surface area contributed by atoms with Gasteiger partial charge in [-0.15, -0.1) is 0 Å². The molecule has 0 aliphatic carbocycles. The molecular weight excluding hydrogens is 414 g/mol. The van der Waals surface area contributed by atoms with Crippen molar-refractivity contribution in [2.24, 2.45) is 7.05 Å². The summed E-state index contributed by atoms with van der Waals surface area (Å²) in [6, 6.07) is 13.9. The molecule has 2 N–H and O–H groups in total. The van der Waals surface area contributed by atoms with Gasteiger partial charge in [0.25, 0.3) is 5.91 Å². The Bertz CT molecular complexity index is 1160. The maximum atomic E-state index is 13.1. The second-order valence-electron chi connectivity index (χ2n) is 8.40. The Morgan fingerprint density at radius 1 is 1.16 bits per heavy atom. The number of benzene rings is 1. The Balaban J connectivity index is 1.33. The first-order valence-corrected chi connectivity index (χ1v) is 10.9. The van der Waals surface area contributed by atoms with Crippen LogP contribution in [-0.4, -0.2) is 43.7 Å². The van der Waals surface area contributed by atoms with Gasteiger partial charge in [0.2, 0.25) is 5.56 Å². The van der Waals surface area contributed by atoms with Crippen LogP contribution in [0.5, 0.6) is 0 Å². The number of aromatic nitrogens is 3. The number of rotatable bonds is 4. The monoisotopic (exact) mass is 437 g/mol. The quantitative estimate of drug-likeness (QED) is 0.652. The van der Waals surface area contributed by atoms with Crippen molar-refractivity contribution in [3.05, 3.63) is 69.7 Å². The van der Waals surface area contributed by atoms with Gasteiger partial charge in [0.1, 0.15) is 5.15 Å². The van der Waals surface area contributed by atoms with Gasteiger partial charge >= 0.3 is 0 Å². The molecule has 0 saturated carbocycles. The summed E-state index contributed by atoms with van der Waals surface area (Å²) >= 11 is 6.26. The van der Waals surface area contributed by atoms with E-state index >= 15 is 0 Å². The number of piperidine rings is 1. The van der Waals surface area contributed by atoms with E-state index in [9.17, 15) is 9.59 Å². The van der Waals surface area contributed by atoms with E-state index in [1.807, 2.05) is 41.3 Å². The van der Waals surface area contributed by atoms with Crippen LogP contribution in [0.2, 0.25) is 5.15 Å². The number of anilines is 1. The fraction of sp³-hybridized carbons (Fsp3) is 0.348. The number of hydrogen-bond donors (Lipinski definition) is 2. The molecule has 3 atom stereocenters. The second kappa shape index (κ2) is 7.89. The lowest BCUT2D eigenvalue weighted by Crippen LogP contribution is -2.49. The van der Waals surface area contributed by atoms with Gasteiger partial charge in [0.15, 0.2) is 0 Å². The molecule has 31 heavy (non-hydrogen) atoms. The molecule has 2 saturated heterocycles. The Labute approximate surface area is 185 Å². The van der Waals surface area contributed by atoms with Crippen LogP contribution in [0, 0.1) is 0 Å². The normalized spacial score (nSPS) is 22.5. The largest absolute Gasteiger partial charge is 0.382 e. The lowest BCUT2D eigenvalue weighted by atomic mass is 9.96. The molecule has 2 aliphatic rings. The molecule has 160 valence electrons. The third kappa shape index (κ3) is 3.74. The number of carbonyl (C=O) groups excluding carboxylic acids is 1. The molecule has 5 rings (SSSR count). The van der Waals surface area contributed by atoms with Crippen molar-refractivity contribution in [3.63, 3.8) is 0 Å². The minimum Gasteiger partial charge on any atom is -0.382 e. The number of pyridine rings is 1. The first-order valence-electron chi connectivity index (χ1n) is 10.6. The summed E-state index contributed by atoms with van der Waals surface area (Å²) in [6.45, 7) is 0. The van der Waals surface area contributed by atoms with Gasteiger partial charge in [-0.1, -0.05) is 41.9 Å². The highest BCUT2D eigenvalue weighted by Crippen LogP contribution is 2.38. The summed E-state index contributed by atoms with van der Waals surface area (Å²) in [7, 11) is 1.73. The number of hydrogen-bond acceptors (Lipinski definition) is 4. The number of carbonyl (C=O) groups is 1. The lowest BCUT2D eigenvalue weighted by molar-refractivity contribution is 0.0583. The molecule has 7 nitrogen and oxygen atoms in total. The third-order valence-corrected chi connectivity index (χ3v) is 6.81. The van der Waals surface area contributed by atoms with Crippen molar-refractivity contribution in [2.45, 2.75) is 43.8 Å². The molecule has 1 unspecified atom stereocenters. The van der Waals surface area contributed by atoms with E-state index < -0.39 is 0 Å². The van der Waals surface area contributed by atoms with Crippen LogP contribution in [0.4, 0.5) is 5.69 Å². The first-order chi connectivity index (χ1) is 15.0. The molecule has 4 heterocycles. The van der Waals surface area contributed by atoms with Gasteiger partial charge in [-0.2, -0.15) is 5.10 Å². The van der Waals surface area contributed by atoms with E-state index in [1.54, 1.807) is 19.3 Å². The van der Waals surface area contributed by atoms with Gasteiger partial charge in [0.05, 0.1) is 17.5 Å². The van der Waals surface area contributed by atoms with Crippen molar-refractivity contribution in [1.29, 1.82) is 0 Å². The number of fused-ring (bicyclic) bond motifs is 2. The van der Waals surface area contributed by atoms with Crippen LogP contribution >= 0.6 is 11.6 Å². The molecule has 0 radical (unpaired) electrons. The minimum absolute atomic E-state index is 0.0356. The second-order valence-corrected chi connectivity index (χ2v) is 8.75. The Kier molecular flexibility index (Phi) is 5.06. The Morgan fingerprint density at radius 2 is 1.87 bits per heavy atom. The lowest BCUT2D eigenvalue weighted by Gasteiger charge is -2.39. The molecule has 2 aromatic heterocycles. The number of H-pyrrole nitrogens is 1. The van der Waals surface area contributed by atoms with Crippen LogP contribution in [0.3, 0.4) is 0 Å². The number of halogens is 1. The molecule has 2 bridgehead atoms. The van der Waals surface area contributed by atoms with Crippen molar-refractivity contribution in [3.8, 4) is 11.3 Å². The molecule has 2 aliphatic heterocycles. The van der Waals surface area contributed by atoms with Crippen molar-refractivity contribution < 1.29 is 4.79 Å². The zero-order chi connectivity index (χ0) is 21.5. The summed E-state index contributed by atoms with van der Waals surface area (Å²) in [5.41, 5.74) is 2.90. The summed E-state index contributed by atoms with van der Waals surface area (Å²) < 4.78 is 1.52. The Hall–Kier alpha value is -3.06. The number of aromatic amines is 1. The predicted molar refractivity (Wildman–Crippen MR) is 120 cm³/mol. The summed E-state index contributed by atoms with van der Waals surface area (Å²) in [6.07, 6.45) is 5.20. The molecular formula is C23H24ClN5O2. The van der Waals surface area contributed by atoms with E-state index in [1.165, 1.54) is 4.68 Å². The predicted octanol–water partition coefficient (Wildman–Crippen LogP) is 3.68. The van der Waals surface area contributed by atoms with Gasteiger partial charge in [0, 0.05) is 36.9 Å². The third-order valence-electron chi connectivity index (χ3n) is 6.36. The highest BCUT2D eigenvalue weighted by Gasteiger charge is 2.44. The van der Waals surface area contributed by atoms with Crippen molar-refractivity contribution in [1.82, 2.24) is 19.7 Å². The van der Waals surface area contributed by atoms with Gasteiger partial charge in [-0.05, 0) is 37.3 Å². The molecule has 1 amide bonds. The minimum atomic E-state index is -0.134. The highest BCUT2D eigenvalue weighted by atomic mass is 35.5. The summed E-state index contributed by atoms with van der Waals surface area (Å²) in [4.78, 5) is 30.3. The number of nitrogens with one attached hydrogen (secondary N) is 2. The number of aryl methyl sites for hydroxylation is 1. The standard InChI is InChI=1S/C23H24ClN5O2/c1-28-22(24)19(13-25-28)23(31)29-17-7-8-18(29)10-15(9-17)26-16-11-20(27-21(30)12-16)14-5-3-2-4-6-14/h2-6,11-13,15,17-18H,7-10H2,1H3,(H2,26,27,30)/t15?,17-,18+. The maximum absolute atomic E-state index is 13.1. The number of nitrogens with zero attached hydrogens (tertiary/aromatic N) is 3. The van der Waals surface area contributed by atoms with Crippen LogP contribution in [-0.2, 0) is 7.05 Å². The topological polar surface area (TPSA) is 83.0 Å². The van der Waals surface area contributed by atoms with E-state index in [0.29, 0.717) is 10.7 Å². The summed E-state index contributed by atoms with van der Waals surface area (Å²) in [5.74, 6) is -0.0356. The average Bonchev–Trinajstić information content (AvgIpc) is 3.23. The number of amides is 1. The zero-order valence-corrected chi connectivity index (χ0v) is 18.0. The van der Waals surface area contributed by atoms with E-state index in [-0.39, 0.29) is 29.6 Å². The summed E-state index contributed by atoms with van der Waals surface area (Å²) in [5, 5.41) is 8.03. The Morgan fingerprint density at radius 3 is 2.52 bits per heavy atom. The van der Waals surface area contributed by atoms with E-state index in [2.05, 4.69) is 15.4 Å². The molecule has 3 aromatic rings. The molecule has 2 fully saturated rings. The first kappa shape index (κ1) is 19.9. The zero-order valence-electron chi connectivity index (χ0n) is 17.2. The molecule has 0 spiro atoms. The van der Waals surface area contributed by atoms with Crippen LogP contribution in [0.1, 0.15) is 36.0 Å². The highest BCUT2D eigenvalue weighted by molar-refractivity contribution is 6.32. The van der Waals surface area contributed by atoms with Gasteiger partial charge < -0.3 is 15.2 Å². The maximum Gasteiger partial charge on any atom is 0.259 e. The van der Waals surface area contributed by atoms with Gasteiger partial charge in [-0.3, -0.25) is 14.3 Å². The van der Waals surface area contributed by atoms with Crippen LogP contribution < -0.4 is 10.9 Å². The smallest absolute Gasteiger partial charge is 0.259 e. The average molecular weight is 438 g/mol. The van der Waals surface area contributed by atoms with Crippen molar-refractivity contribution >= 4 is 23.2 Å². The van der Waals surface area contributed by atoms with E-state index in [4.69, 9.17) is 11.6 Å². The van der Waals surface area contributed by atoms with Crippen LogP contribution in [0.15, 0.2) is 53.5 Å². The molecule has 8 heteroatoms. The fourth-order valence-corrected chi connectivity index (χ4v) is 5.14. The molecule has 1 aromatic carbocycles. The van der Waals surface area contributed by atoms with Gasteiger partial charge in [-0.25, -0.2) is 0 Å². The van der Waals surface area contributed by atoms with Crippen molar-refractivity contribution in [2.75, 3.05) is 5.32 Å². The fourth-order valence-electron chi connectivity index (χ4n) is 4.97. The van der Waals surface area contributed by atoms with Crippen LogP contribution in [0.25, 0.3) is 11.3 Å². The SMILES string of the molecule is Cn1ncc(C(=O)N2[C@@H]3CC[C@H]2CC(Nc2cc(-c4ccccc4)[nH]c(=O)c2)C3)c1Cl.